The number of nitro groups is 1. The van der Waals surface area contributed by atoms with Gasteiger partial charge in [-0.15, -0.1) is 0 Å². The number of halogens is 3. The van der Waals surface area contributed by atoms with E-state index < -0.39 is 34.1 Å². The zero-order chi connectivity index (χ0) is 10.9. The van der Waals surface area contributed by atoms with Gasteiger partial charge in [-0.1, -0.05) is 0 Å². The van der Waals surface area contributed by atoms with Gasteiger partial charge in [-0.25, -0.2) is 8.78 Å². The average molecular weight is 208 g/mol. The minimum Gasteiger partial charge on any atom is -0.325 e. The maximum atomic E-state index is 12.4. The highest BCUT2D eigenvalue weighted by Gasteiger charge is 2.26. The second-order valence-corrected chi connectivity index (χ2v) is 2.30. The summed E-state index contributed by atoms with van der Waals surface area (Å²) in [6.07, 6.45) is -3.31. The number of hydrogen-bond donors (Lipinski definition) is 1. The van der Waals surface area contributed by atoms with E-state index in [0.717, 1.165) is 0 Å². The monoisotopic (exact) mass is 208 g/mol. The lowest BCUT2D eigenvalue weighted by atomic mass is 10.3. The fourth-order valence-corrected chi connectivity index (χ4v) is 0.886. The molecule has 0 amide bonds. The van der Waals surface area contributed by atoms with Crippen molar-refractivity contribution in [1.29, 1.82) is 0 Å². The standard InChI is InChI=1S/C6H3F3N2O3/c7-3-1-2(12)5(11(13)14)4(10-3)6(8)9/h1,6H,(H,10,12). The lowest BCUT2D eigenvalue weighted by Crippen LogP contribution is -2.14. The molecule has 0 bridgehead atoms. The van der Waals surface area contributed by atoms with Gasteiger partial charge in [-0.2, -0.15) is 4.39 Å². The fourth-order valence-electron chi connectivity index (χ4n) is 0.886. The molecule has 1 aromatic heterocycles. The Morgan fingerprint density at radius 3 is 2.50 bits per heavy atom. The summed E-state index contributed by atoms with van der Waals surface area (Å²) in [6.45, 7) is 0. The molecule has 0 fully saturated rings. The molecule has 0 radical (unpaired) electrons. The number of alkyl halides is 2. The summed E-state index contributed by atoms with van der Waals surface area (Å²) in [5.74, 6) is -1.34. The van der Waals surface area contributed by atoms with Crippen molar-refractivity contribution < 1.29 is 18.1 Å². The van der Waals surface area contributed by atoms with Crippen LogP contribution in [-0.2, 0) is 0 Å². The van der Waals surface area contributed by atoms with E-state index in [9.17, 15) is 28.1 Å². The lowest BCUT2D eigenvalue weighted by molar-refractivity contribution is -0.387. The van der Waals surface area contributed by atoms with Crippen molar-refractivity contribution in [2.24, 2.45) is 0 Å². The van der Waals surface area contributed by atoms with Gasteiger partial charge in [0.2, 0.25) is 0 Å². The molecule has 0 aliphatic carbocycles. The molecular formula is C6H3F3N2O3. The predicted octanol–water partition coefficient (Wildman–Crippen LogP) is 1.36. The number of aromatic amines is 1. The van der Waals surface area contributed by atoms with Crippen molar-refractivity contribution >= 4 is 5.69 Å². The Labute approximate surface area is 74.3 Å². The smallest absolute Gasteiger partial charge is 0.325 e. The number of pyridine rings is 1. The molecule has 0 saturated heterocycles. The number of nitrogens with one attached hydrogen (secondary N) is 1. The van der Waals surface area contributed by atoms with Gasteiger partial charge in [0, 0.05) is 6.07 Å². The van der Waals surface area contributed by atoms with E-state index in [0.29, 0.717) is 0 Å². The number of H-pyrrole nitrogens is 1. The summed E-state index contributed by atoms with van der Waals surface area (Å²) in [6, 6.07) is 0.240. The second kappa shape index (κ2) is 3.48. The number of aromatic nitrogens is 1. The molecule has 1 aromatic rings. The quantitative estimate of drug-likeness (QED) is 0.452. The van der Waals surface area contributed by atoms with E-state index in [2.05, 4.69) is 0 Å². The van der Waals surface area contributed by atoms with E-state index in [-0.39, 0.29) is 6.07 Å². The van der Waals surface area contributed by atoms with Gasteiger partial charge in [-0.05, 0) is 0 Å². The third kappa shape index (κ3) is 1.73. The van der Waals surface area contributed by atoms with Crippen molar-refractivity contribution in [2.75, 3.05) is 0 Å². The summed E-state index contributed by atoms with van der Waals surface area (Å²) in [4.78, 5) is 21.1. The highest BCUT2D eigenvalue weighted by molar-refractivity contribution is 5.35. The van der Waals surface area contributed by atoms with Crippen LogP contribution in [0.5, 0.6) is 0 Å². The molecule has 0 atom stereocenters. The summed E-state index contributed by atoms with van der Waals surface area (Å²) in [7, 11) is 0. The molecular weight excluding hydrogens is 205 g/mol. The SMILES string of the molecule is O=c1cc(F)[nH]c(C(F)F)c1[N+](=O)[O-]. The van der Waals surface area contributed by atoms with Crippen LogP contribution in [0.4, 0.5) is 18.9 Å². The van der Waals surface area contributed by atoms with Crippen LogP contribution in [-0.4, -0.2) is 9.91 Å². The maximum absolute atomic E-state index is 12.4. The van der Waals surface area contributed by atoms with E-state index in [1.54, 1.807) is 0 Å². The summed E-state index contributed by atoms with van der Waals surface area (Å²) >= 11 is 0. The average Bonchev–Trinajstić information content (AvgIpc) is 2.01. The largest absolute Gasteiger partial charge is 0.341 e. The molecule has 1 rings (SSSR count). The second-order valence-electron chi connectivity index (χ2n) is 2.30. The molecule has 14 heavy (non-hydrogen) atoms. The molecule has 76 valence electrons. The van der Waals surface area contributed by atoms with Crippen LogP contribution in [0.2, 0.25) is 0 Å². The van der Waals surface area contributed by atoms with E-state index in [1.807, 2.05) is 0 Å². The Kier molecular flexibility index (Phi) is 2.54. The van der Waals surface area contributed by atoms with Crippen molar-refractivity contribution in [1.82, 2.24) is 4.98 Å². The number of nitrogens with zero attached hydrogens (tertiary/aromatic N) is 1. The van der Waals surface area contributed by atoms with Crippen molar-refractivity contribution in [3.63, 3.8) is 0 Å². The molecule has 5 nitrogen and oxygen atoms in total. The first-order valence-corrected chi connectivity index (χ1v) is 3.28. The van der Waals surface area contributed by atoms with Crippen molar-refractivity contribution in [3.8, 4) is 0 Å². The first-order chi connectivity index (χ1) is 6.43. The van der Waals surface area contributed by atoms with Gasteiger partial charge in [0.15, 0.2) is 11.6 Å². The highest BCUT2D eigenvalue weighted by atomic mass is 19.3. The summed E-state index contributed by atoms with van der Waals surface area (Å²) in [5, 5.41) is 10.2. The van der Waals surface area contributed by atoms with Crippen LogP contribution < -0.4 is 5.43 Å². The normalized spacial score (nSPS) is 10.6. The highest BCUT2D eigenvalue weighted by Crippen LogP contribution is 2.23. The van der Waals surface area contributed by atoms with Crippen LogP contribution in [0.3, 0.4) is 0 Å². The van der Waals surface area contributed by atoms with E-state index in [1.165, 1.54) is 4.98 Å². The van der Waals surface area contributed by atoms with Crippen LogP contribution in [0.15, 0.2) is 10.9 Å². The Hall–Kier alpha value is -1.86. The zero-order valence-electron chi connectivity index (χ0n) is 6.46. The fraction of sp³-hybridized carbons (Fsp3) is 0.167. The molecule has 0 aromatic carbocycles. The van der Waals surface area contributed by atoms with Crippen LogP contribution in [0.1, 0.15) is 12.1 Å². The molecule has 0 aliphatic rings. The summed E-state index contributed by atoms with van der Waals surface area (Å²) < 4.78 is 36.6. The Balaban J connectivity index is 3.53. The minimum absolute atomic E-state index is 0.240. The number of rotatable bonds is 2. The van der Waals surface area contributed by atoms with Gasteiger partial charge in [-0.3, -0.25) is 14.9 Å². The van der Waals surface area contributed by atoms with Crippen molar-refractivity contribution in [3.05, 3.63) is 38.0 Å². The molecule has 0 unspecified atom stereocenters. The number of hydrogen-bond acceptors (Lipinski definition) is 3. The third-order valence-electron chi connectivity index (χ3n) is 1.40. The zero-order valence-corrected chi connectivity index (χ0v) is 6.46. The lowest BCUT2D eigenvalue weighted by Gasteiger charge is -2.00. The van der Waals surface area contributed by atoms with Gasteiger partial charge in [0.1, 0.15) is 0 Å². The van der Waals surface area contributed by atoms with E-state index in [4.69, 9.17) is 0 Å². The molecule has 0 spiro atoms. The Bertz CT molecular complexity index is 429. The van der Waals surface area contributed by atoms with Crippen LogP contribution in [0, 0.1) is 16.1 Å². The van der Waals surface area contributed by atoms with Gasteiger partial charge in [0.05, 0.1) is 4.92 Å². The first-order valence-electron chi connectivity index (χ1n) is 3.28. The topological polar surface area (TPSA) is 76.0 Å². The predicted molar refractivity (Wildman–Crippen MR) is 38.6 cm³/mol. The third-order valence-corrected chi connectivity index (χ3v) is 1.40. The Morgan fingerprint density at radius 2 is 2.07 bits per heavy atom. The minimum atomic E-state index is -3.31. The molecule has 0 saturated carbocycles. The molecule has 1 heterocycles. The molecule has 8 heteroatoms. The van der Waals surface area contributed by atoms with E-state index >= 15 is 0 Å². The maximum Gasteiger partial charge on any atom is 0.341 e. The first kappa shape index (κ1) is 10.2. The van der Waals surface area contributed by atoms with Crippen LogP contribution in [0.25, 0.3) is 0 Å². The molecule has 1 N–H and O–H groups in total. The van der Waals surface area contributed by atoms with Crippen LogP contribution >= 0.6 is 0 Å². The Morgan fingerprint density at radius 1 is 1.50 bits per heavy atom. The molecule has 0 aliphatic heterocycles. The van der Waals surface area contributed by atoms with Gasteiger partial charge >= 0.3 is 5.69 Å². The van der Waals surface area contributed by atoms with Crippen molar-refractivity contribution in [2.45, 2.75) is 6.43 Å². The van der Waals surface area contributed by atoms with Gasteiger partial charge < -0.3 is 4.98 Å². The van der Waals surface area contributed by atoms with Gasteiger partial charge in [0.25, 0.3) is 11.9 Å². The summed E-state index contributed by atoms with van der Waals surface area (Å²) in [5.41, 5.74) is -4.04.